The first-order chi connectivity index (χ1) is 9.90. The number of hydrogen-bond donors (Lipinski definition) is 2. The molecule has 2 unspecified atom stereocenters. The molecule has 3 N–H and O–H groups in total. The Morgan fingerprint density at radius 3 is 2.33 bits per heavy atom. The van der Waals surface area contributed by atoms with E-state index in [9.17, 15) is 18.3 Å². The van der Waals surface area contributed by atoms with Crippen LogP contribution in [0.3, 0.4) is 0 Å². The summed E-state index contributed by atoms with van der Waals surface area (Å²) < 4.78 is 38.8. The number of aliphatic hydroxyl groups is 1. The smallest absolute Gasteiger partial charge is 0.393 e. The van der Waals surface area contributed by atoms with Gasteiger partial charge < -0.3 is 15.7 Å². The molecular formula is C15H19F3N2O. The van der Waals surface area contributed by atoms with Gasteiger partial charge in [-0.3, -0.25) is 0 Å². The van der Waals surface area contributed by atoms with Crippen molar-refractivity contribution in [2.24, 2.45) is 5.73 Å². The lowest BCUT2D eigenvalue weighted by atomic mass is 9.97. The van der Waals surface area contributed by atoms with Crippen LogP contribution in [0.2, 0.25) is 0 Å². The molecule has 2 heterocycles. The number of halogens is 3. The van der Waals surface area contributed by atoms with Crippen LogP contribution < -0.4 is 10.6 Å². The molecule has 6 heteroatoms. The summed E-state index contributed by atoms with van der Waals surface area (Å²) in [5.41, 5.74) is 5.76. The summed E-state index contributed by atoms with van der Waals surface area (Å²) in [6.07, 6.45) is -1.31. The number of rotatable bonds is 2. The quantitative estimate of drug-likeness (QED) is 0.883. The fraction of sp³-hybridized carbons (Fsp3) is 0.600. The van der Waals surface area contributed by atoms with Gasteiger partial charge in [0.25, 0.3) is 0 Å². The van der Waals surface area contributed by atoms with Crippen LogP contribution in [0.4, 0.5) is 18.9 Å². The second-order valence-electron chi connectivity index (χ2n) is 5.96. The Balaban J connectivity index is 1.94. The van der Waals surface area contributed by atoms with Crippen LogP contribution in [-0.2, 0) is 12.7 Å². The molecule has 2 aliphatic rings. The molecule has 3 nitrogen and oxygen atoms in total. The summed E-state index contributed by atoms with van der Waals surface area (Å²) in [5.74, 6) is 0. The van der Waals surface area contributed by atoms with Crippen molar-refractivity contribution in [2.45, 2.75) is 56.6 Å². The van der Waals surface area contributed by atoms with Gasteiger partial charge in [0.05, 0.1) is 11.7 Å². The summed E-state index contributed by atoms with van der Waals surface area (Å²) in [4.78, 5) is 2.17. The lowest BCUT2D eigenvalue weighted by Gasteiger charge is -2.39. The average molecular weight is 300 g/mol. The van der Waals surface area contributed by atoms with Crippen LogP contribution in [0.1, 0.15) is 36.8 Å². The van der Waals surface area contributed by atoms with E-state index in [0.29, 0.717) is 12.8 Å². The van der Waals surface area contributed by atoms with Gasteiger partial charge in [-0.15, -0.1) is 0 Å². The zero-order valence-electron chi connectivity index (χ0n) is 11.6. The first-order valence-corrected chi connectivity index (χ1v) is 7.26. The molecule has 0 saturated carbocycles. The normalized spacial score (nSPS) is 29.0. The predicted molar refractivity (Wildman–Crippen MR) is 73.9 cm³/mol. The third-order valence-corrected chi connectivity index (χ3v) is 4.62. The van der Waals surface area contributed by atoms with Gasteiger partial charge in [-0.05, 0) is 49.4 Å². The number of aliphatic hydroxyl groups excluding tert-OH is 1. The van der Waals surface area contributed by atoms with Gasteiger partial charge in [0.2, 0.25) is 0 Å². The first kappa shape index (κ1) is 14.7. The fourth-order valence-electron chi connectivity index (χ4n) is 3.76. The number of alkyl halides is 3. The number of anilines is 1. The minimum absolute atomic E-state index is 0.130. The van der Waals surface area contributed by atoms with Crippen LogP contribution in [0.5, 0.6) is 0 Å². The topological polar surface area (TPSA) is 49.5 Å². The standard InChI is InChI=1S/C15H19F3N2O/c16-15(17,18)14-4-3-10(5-9(14)8-19)20-11-1-2-12(20)7-13(21)6-11/h3-5,11-13,21H,1-2,6-8,19H2. The van der Waals surface area contributed by atoms with Gasteiger partial charge >= 0.3 is 6.18 Å². The molecule has 0 spiro atoms. The predicted octanol–water partition coefficient (Wildman–Crippen LogP) is 2.66. The summed E-state index contributed by atoms with van der Waals surface area (Å²) in [7, 11) is 0. The molecule has 0 aliphatic carbocycles. The van der Waals surface area contributed by atoms with Crippen molar-refractivity contribution in [3.63, 3.8) is 0 Å². The molecule has 2 atom stereocenters. The maximum absolute atomic E-state index is 12.9. The molecule has 2 fully saturated rings. The number of benzene rings is 1. The molecule has 0 aromatic heterocycles. The Bertz CT molecular complexity index is 518. The molecule has 1 aromatic rings. The lowest BCUT2D eigenvalue weighted by molar-refractivity contribution is -0.138. The molecule has 0 amide bonds. The van der Waals surface area contributed by atoms with E-state index in [2.05, 4.69) is 4.90 Å². The molecule has 2 bridgehead atoms. The minimum Gasteiger partial charge on any atom is -0.393 e. The van der Waals surface area contributed by atoms with Gasteiger partial charge in [0.15, 0.2) is 0 Å². The summed E-state index contributed by atoms with van der Waals surface area (Å²) in [6, 6.07) is 4.67. The van der Waals surface area contributed by atoms with Crippen molar-refractivity contribution in [2.75, 3.05) is 4.90 Å². The molecule has 21 heavy (non-hydrogen) atoms. The average Bonchev–Trinajstić information content (AvgIpc) is 2.69. The summed E-state index contributed by atoms with van der Waals surface area (Å²) >= 11 is 0. The Hall–Kier alpha value is -1.27. The van der Waals surface area contributed by atoms with E-state index in [4.69, 9.17) is 5.73 Å². The highest BCUT2D eigenvalue weighted by Crippen LogP contribution is 2.41. The second-order valence-corrected chi connectivity index (χ2v) is 5.96. The number of fused-ring (bicyclic) bond motifs is 2. The van der Waals surface area contributed by atoms with Crippen molar-refractivity contribution < 1.29 is 18.3 Å². The van der Waals surface area contributed by atoms with Crippen molar-refractivity contribution in [3.8, 4) is 0 Å². The van der Waals surface area contributed by atoms with E-state index in [0.717, 1.165) is 24.6 Å². The Kier molecular flexibility index (Phi) is 3.61. The molecule has 116 valence electrons. The monoisotopic (exact) mass is 300 g/mol. The highest BCUT2D eigenvalue weighted by molar-refractivity contribution is 5.54. The first-order valence-electron chi connectivity index (χ1n) is 7.26. The lowest BCUT2D eigenvalue weighted by Crippen LogP contribution is -2.44. The molecule has 1 aromatic carbocycles. The van der Waals surface area contributed by atoms with E-state index in [1.165, 1.54) is 6.07 Å². The SMILES string of the molecule is NCc1cc(N2C3CCC2CC(O)C3)ccc1C(F)(F)F. The highest BCUT2D eigenvalue weighted by atomic mass is 19.4. The Morgan fingerprint density at radius 1 is 1.19 bits per heavy atom. The van der Waals surface area contributed by atoms with Gasteiger partial charge in [0.1, 0.15) is 0 Å². The summed E-state index contributed by atoms with van der Waals surface area (Å²) in [6.45, 7) is -0.130. The van der Waals surface area contributed by atoms with E-state index < -0.39 is 11.7 Å². The zero-order valence-corrected chi connectivity index (χ0v) is 11.6. The van der Waals surface area contributed by atoms with Crippen molar-refractivity contribution in [1.29, 1.82) is 0 Å². The molecule has 0 radical (unpaired) electrons. The second kappa shape index (κ2) is 5.18. The van der Waals surface area contributed by atoms with Gasteiger partial charge in [0, 0.05) is 24.3 Å². The van der Waals surface area contributed by atoms with E-state index in [1.54, 1.807) is 6.07 Å². The third kappa shape index (κ3) is 2.62. The summed E-state index contributed by atoms with van der Waals surface area (Å²) in [5, 5.41) is 9.81. The van der Waals surface area contributed by atoms with Crippen molar-refractivity contribution in [3.05, 3.63) is 29.3 Å². The number of nitrogens with two attached hydrogens (primary N) is 1. The molecule has 2 aliphatic heterocycles. The van der Waals surface area contributed by atoms with Crippen molar-refractivity contribution >= 4 is 5.69 Å². The fourth-order valence-corrected chi connectivity index (χ4v) is 3.76. The number of nitrogens with zero attached hydrogens (tertiary/aromatic N) is 1. The van der Waals surface area contributed by atoms with E-state index in [-0.39, 0.29) is 30.3 Å². The maximum Gasteiger partial charge on any atom is 0.416 e. The van der Waals surface area contributed by atoms with Crippen LogP contribution in [-0.4, -0.2) is 23.3 Å². The number of piperidine rings is 1. The Labute approximate surface area is 121 Å². The van der Waals surface area contributed by atoms with E-state index in [1.807, 2.05) is 0 Å². The molecule has 2 saturated heterocycles. The zero-order chi connectivity index (χ0) is 15.2. The number of hydrogen-bond acceptors (Lipinski definition) is 3. The molecular weight excluding hydrogens is 281 g/mol. The van der Waals surface area contributed by atoms with Crippen LogP contribution in [0, 0.1) is 0 Å². The maximum atomic E-state index is 12.9. The van der Waals surface area contributed by atoms with Gasteiger partial charge in [-0.25, -0.2) is 0 Å². The molecule has 3 rings (SSSR count). The van der Waals surface area contributed by atoms with Crippen molar-refractivity contribution in [1.82, 2.24) is 0 Å². The van der Waals surface area contributed by atoms with Crippen LogP contribution in [0.25, 0.3) is 0 Å². The van der Waals surface area contributed by atoms with Gasteiger partial charge in [-0.1, -0.05) is 0 Å². The third-order valence-electron chi connectivity index (χ3n) is 4.62. The van der Waals surface area contributed by atoms with Crippen LogP contribution >= 0.6 is 0 Å². The highest BCUT2D eigenvalue weighted by Gasteiger charge is 2.41. The minimum atomic E-state index is -4.37. The Morgan fingerprint density at radius 2 is 1.81 bits per heavy atom. The van der Waals surface area contributed by atoms with Gasteiger partial charge in [-0.2, -0.15) is 13.2 Å². The largest absolute Gasteiger partial charge is 0.416 e. The van der Waals surface area contributed by atoms with Crippen LogP contribution in [0.15, 0.2) is 18.2 Å². The van der Waals surface area contributed by atoms with E-state index >= 15 is 0 Å².